The number of nitrogens with one attached hydrogen (secondary N) is 1. The Morgan fingerprint density at radius 1 is 0.969 bits per heavy atom. The molecule has 0 atom stereocenters. The Morgan fingerprint density at radius 3 is 2.41 bits per heavy atom. The fraction of sp³-hybridized carbons (Fsp3) is 0.0800. The predicted octanol–water partition coefficient (Wildman–Crippen LogP) is 7.13. The number of aryl methyl sites for hydroxylation is 1. The van der Waals surface area contributed by atoms with Crippen LogP contribution in [0.5, 0.6) is 0 Å². The van der Waals surface area contributed by atoms with Crippen molar-refractivity contribution in [2.75, 3.05) is 5.32 Å². The van der Waals surface area contributed by atoms with E-state index in [1.165, 1.54) is 29.1 Å². The average Bonchev–Trinajstić information content (AvgIpc) is 2.81. The molecule has 4 aromatic rings. The molecule has 160 valence electrons. The molecule has 0 radical (unpaired) electrons. The summed E-state index contributed by atoms with van der Waals surface area (Å²) in [5.74, 6) is 0.419. The van der Waals surface area contributed by atoms with Crippen molar-refractivity contribution in [2.24, 2.45) is 0 Å². The van der Waals surface area contributed by atoms with E-state index in [1.807, 2.05) is 85.8 Å². The molecule has 0 aliphatic heterocycles. The molecule has 3 aromatic carbocycles. The Kier molecular flexibility index (Phi) is 7.47. The summed E-state index contributed by atoms with van der Waals surface area (Å²) in [6.45, 7) is 2.04. The molecule has 0 bridgehead atoms. The Morgan fingerprint density at radius 2 is 1.69 bits per heavy atom. The third kappa shape index (κ3) is 6.13. The van der Waals surface area contributed by atoms with E-state index < -0.39 is 0 Å². The number of amides is 1. The van der Waals surface area contributed by atoms with Gasteiger partial charge in [0, 0.05) is 27.6 Å². The number of rotatable bonds is 7. The van der Waals surface area contributed by atoms with Crippen molar-refractivity contribution < 1.29 is 4.79 Å². The van der Waals surface area contributed by atoms with E-state index in [0.29, 0.717) is 26.5 Å². The van der Waals surface area contributed by atoms with Crippen LogP contribution in [0.15, 0.2) is 100 Å². The highest BCUT2D eigenvalue weighted by atomic mass is 35.5. The molecule has 4 rings (SSSR count). The van der Waals surface area contributed by atoms with Gasteiger partial charge in [-0.1, -0.05) is 83.2 Å². The van der Waals surface area contributed by atoms with Crippen LogP contribution in [0, 0.1) is 6.92 Å². The first-order valence-corrected chi connectivity index (χ1v) is 12.1. The molecule has 1 amide bonds. The van der Waals surface area contributed by atoms with Gasteiger partial charge in [-0.2, -0.15) is 0 Å². The van der Waals surface area contributed by atoms with E-state index in [0.717, 1.165) is 16.1 Å². The lowest BCUT2D eigenvalue weighted by atomic mass is 10.2. The van der Waals surface area contributed by atoms with Gasteiger partial charge in [0.1, 0.15) is 5.69 Å². The van der Waals surface area contributed by atoms with Crippen molar-refractivity contribution in [3.8, 4) is 0 Å². The number of hydrogen-bond acceptors (Lipinski definition) is 5. The van der Waals surface area contributed by atoms with Crippen LogP contribution in [0.2, 0.25) is 5.02 Å². The van der Waals surface area contributed by atoms with E-state index in [4.69, 9.17) is 11.6 Å². The van der Waals surface area contributed by atoms with Crippen LogP contribution >= 0.6 is 35.1 Å². The number of para-hydroxylation sites is 1. The Labute approximate surface area is 200 Å². The molecule has 1 heterocycles. The van der Waals surface area contributed by atoms with Crippen LogP contribution in [0.1, 0.15) is 21.6 Å². The lowest BCUT2D eigenvalue weighted by molar-refractivity contribution is 0.101. The smallest absolute Gasteiger partial charge is 0.275 e. The minimum Gasteiger partial charge on any atom is -0.321 e. The molecule has 0 unspecified atom stereocenters. The molecule has 0 fully saturated rings. The van der Waals surface area contributed by atoms with Crippen molar-refractivity contribution >= 4 is 46.7 Å². The molecule has 32 heavy (non-hydrogen) atoms. The second-order valence-electron chi connectivity index (χ2n) is 7.02. The summed E-state index contributed by atoms with van der Waals surface area (Å²) in [6.07, 6.45) is 1.72. The number of halogens is 1. The van der Waals surface area contributed by atoms with Gasteiger partial charge >= 0.3 is 0 Å². The van der Waals surface area contributed by atoms with Gasteiger partial charge < -0.3 is 5.32 Å². The Hall–Kier alpha value is -2.80. The first kappa shape index (κ1) is 22.4. The molecule has 0 saturated heterocycles. The van der Waals surface area contributed by atoms with Gasteiger partial charge in [0.25, 0.3) is 5.91 Å². The molecule has 0 aliphatic rings. The summed E-state index contributed by atoms with van der Waals surface area (Å²) in [7, 11) is 0. The van der Waals surface area contributed by atoms with Gasteiger partial charge in [0.2, 0.25) is 0 Å². The maximum absolute atomic E-state index is 13.1. The molecule has 7 heteroatoms. The lowest BCUT2D eigenvalue weighted by Gasteiger charge is -2.11. The highest BCUT2D eigenvalue weighted by Crippen LogP contribution is 2.31. The number of carbonyl (C=O) groups excluding carboxylic acids is 1. The minimum atomic E-state index is -0.262. The SMILES string of the molecule is Cc1ccc(Sc2cnc(SCc3ccc(Cl)cc3)nc2C(=O)Nc2ccccc2)cc1. The van der Waals surface area contributed by atoms with Gasteiger partial charge in [0.15, 0.2) is 5.16 Å². The largest absolute Gasteiger partial charge is 0.321 e. The maximum Gasteiger partial charge on any atom is 0.275 e. The molecule has 4 nitrogen and oxygen atoms in total. The van der Waals surface area contributed by atoms with E-state index >= 15 is 0 Å². The standard InChI is InChI=1S/C25H20ClN3OS2/c1-17-7-13-21(14-8-17)32-22-15-27-25(31-16-18-9-11-19(26)12-10-18)29-23(22)24(30)28-20-5-3-2-4-6-20/h2-15H,16H2,1H3,(H,28,30). The van der Waals surface area contributed by atoms with Crippen LogP contribution < -0.4 is 5.32 Å². The molecule has 0 saturated carbocycles. The first-order valence-electron chi connectivity index (χ1n) is 9.92. The van der Waals surface area contributed by atoms with Crippen LogP contribution in [0.3, 0.4) is 0 Å². The quantitative estimate of drug-likeness (QED) is 0.226. The monoisotopic (exact) mass is 477 g/mol. The number of anilines is 1. The summed E-state index contributed by atoms with van der Waals surface area (Å²) in [5, 5.41) is 4.18. The third-order valence-electron chi connectivity index (χ3n) is 4.51. The van der Waals surface area contributed by atoms with Crippen molar-refractivity contribution in [1.82, 2.24) is 9.97 Å². The van der Waals surface area contributed by atoms with Gasteiger partial charge in [-0.05, 0) is 48.9 Å². The Balaban J connectivity index is 1.58. The van der Waals surface area contributed by atoms with Crippen LogP contribution in [0.4, 0.5) is 5.69 Å². The van der Waals surface area contributed by atoms with E-state index in [1.54, 1.807) is 6.20 Å². The molecule has 1 aromatic heterocycles. The number of aromatic nitrogens is 2. The summed E-state index contributed by atoms with van der Waals surface area (Å²) in [4.78, 5) is 23.9. The topological polar surface area (TPSA) is 54.9 Å². The molecule has 0 spiro atoms. The highest BCUT2D eigenvalue weighted by molar-refractivity contribution is 7.99. The first-order chi connectivity index (χ1) is 15.6. The van der Waals surface area contributed by atoms with Gasteiger partial charge in [0.05, 0.1) is 4.90 Å². The van der Waals surface area contributed by atoms with Gasteiger partial charge in [-0.25, -0.2) is 9.97 Å². The minimum absolute atomic E-state index is 0.262. The number of hydrogen-bond donors (Lipinski definition) is 1. The molecule has 1 N–H and O–H groups in total. The van der Waals surface area contributed by atoms with Gasteiger partial charge in [-0.3, -0.25) is 4.79 Å². The number of thioether (sulfide) groups is 1. The summed E-state index contributed by atoms with van der Waals surface area (Å²) >= 11 is 8.92. The molecular weight excluding hydrogens is 458 g/mol. The number of nitrogens with zero attached hydrogens (tertiary/aromatic N) is 2. The average molecular weight is 478 g/mol. The van der Waals surface area contributed by atoms with E-state index in [-0.39, 0.29) is 5.91 Å². The number of benzene rings is 3. The Bertz CT molecular complexity index is 1200. The van der Waals surface area contributed by atoms with Crippen LogP contribution in [-0.2, 0) is 5.75 Å². The van der Waals surface area contributed by atoms with E-state index in [2.05, 4.69) is 15.3 Å². The zero-order chi connectivity index (χ0) is 22.3. The molecule has 0 aliphatic carbocycles. The number of carbonyl (C=O) groups is 1. The van der Waals surface area contributed by atoms with Crippen molar-refractivity contribution in [1.29, 1.82) is 0 Å². The summed E-state index contributed by atoms with van der Waals surface area (Å²) in [6, 6.07) is 25.2. The zero-order valence-electron chi connectivity index (χ0n) is 17.3. The van der Waals surface area contributed by atoms with Crippen molar-refractivity contribution in [3.63, 3.8) is 0 Å². The predicted molar refractivity (Wildman–Crippen MR) is 133 cm³/mol. The van der Waals surface area contributed by atoms with Crippen molar-refractivity contribution in [3.05, 3.63) is 107 Å². The van der Waals surface area contributed by atoms with E-state index in [9.17, 15) is 4.79 Å². The maximum atomic E-state index is 13.1. The zero-order valence-corrected chi connectivity index (χ0v) is 19.7. The fourth-order valence-corrected chi connectivity index (χ4v) is 4.60. The normalized spacial score (nSPS) is 10.7. The van der Waals surface area contributed by atoms with Crippen LogP contribution in [0.25, 0.3) is 0 Å². The van der Waals surface area contributed by atoms with Crippen LogP contribution in [-0.4, -0.2) is 15.9 Å². The lowest BCUT2D eigenvalue weighted by Crippen LogP contribution is -2.15. The second-order valence-corrected chi connectivity index (χ2v) is 9.51. The molecular formula is C25H20ClN3OS2. The fourth-order valence-electron chi connectivity index (χ4n) is 2.84. The highest BCUT2D eigenvalue weighted by Gasteiger charge is 2.17. The second kappa shape index (κ2) is 10.7. The summed E-state index contributed by atoms with van der Waals surface area (Å²) in [5.41, 5.74) is 3.36. The van der Waals surface area contributed by atoms with Gasteiger partial charge in [-0.15, -0.1) is 0 Å². The summed E-state index contributed by atoms with van der Waals surface area (Å²) < 4.78 is 0. The third-order valence-corrected chi connectivity index (χ3v) is 6.72. The van der Waals surface area contributed by atoms with Crippen molar-refractivity contribution in [2.45, 2.75) is 27.6 Å².